The molecule has 168 valence electrons. The Hall–Kier alpha value is -3.18. The third-order valence-electron chi connectivity index (χ3n) is 5.51. The summed E-state index contributed by atoms with van der Waals surface area (Å²) >= 11 is 6.18. The standard InChI is InChI=1S/C25H21ClN2O4S/c26-23-13-10-21(16-24(23)33(30,31)28-14-2-1-3-15-28)25(29)32-22-11-8-20(9-12-22)19-6-4-18(17-27)5-7-19/h4-13,16H,1-3,14-15H2. The first kappa shape index (κ1) is 23.0. The first-order valence-electron chi connectivity index (χ1n) is 10.5. The number of esters is 1. The molecule has 1 heterocycles. The van der Waals surface area contributed by atoms with E-state index in [1.165, 1.54) is 22.5 Å². The second kappa shape index (κ2) is 9.75. The highest BCUT2D eigenvalue weighted by molar-refractivity contribution is 7.89. The number of hydrogen-bond donors (Lipinski definition) is 0. The van der Waals surface area contributed by atoms with Gasteiger partial charge in [0.25, 0.3) is 0 Å². The molecule has 3 aromatic rings. The van der Waals surface area contributed by atoms with E-state index >= 15 is 0 Å². The van der Waals surface area contributed by atoms with Gasteiger partial charge in [-0.25, -0.2) is 13.2 Å². The van der Waals surface area contributed by atoms with Gasteiger partial charge in [-0.05, 0) is 66.4 Å². The Labute approximate surface area is 198 Å². The highest BCUT2D eigenvalue weighted by Crippen LogP contribution is 2.29. The van der Waals surface area contributed by atoms with E-state index in [0.717, 1.165) is 30.4 Å². The van der Waals surface area contributed by atoms with Crippen LogP contribution in [0, 0.1) is 11.3 Å². The van der Waals surface area contributed by atoms with E-state index in [1.54, 1.807) is 36.4 Å². The van der Waals surface area contributed by atoms with Crippen molar-refractivity contribution in [1.82, 2.24) is 4.31 Å². The topological polar surface area (TPSA) is 87.5 Å². The van der Waals surface area contributed by atoms with Crippen LogP contribution in [0.4, 0.5) is 0 Å². The Morgan fingerprint density at radius 2 is 1.52 bits per heavy atom. The average molecular weight is 481 g/mol. The van der Waals surface area contributed by atoms with Crippen LogP contribution in [0.5, 0.6) is 5.75 Å². The molecule has 0 unspecified atom stereocenters. The van der Waals surface area contributed by atoms with Gasteiger partial charge < -0.3 is 4.74 Å². The van der Waals surface area contributed by atoms with Crippen molar-refractivity contribution >= 4 is 27.6 Å². The lowest BCUT2D eigenvalue weighted by atomic mass is 10.0. The van der Waals surface area contributed by atoms with Crippen molar-refractivity contribution < 1.29 is 17.9 Å². The van der Waals surface area contributed by atoms with E-state index in [-0.39, 0.29) is 15.5 Å². The lowest BCUT2D eigenvalue weighted by molar-refractivity contribution is 0.0734. The molecule has 1 fully saturated rings. The Kier molecular flexibility index (Phi) is 6.80. The molecule has 8 heteroatoms. The van der Waals surface area contributed by atoms with Crippen molar-refractivity contribution in [3.8, 4) is 22.9 Å². The molecule has 0 bridgehead atoms. The van der Waals surface area contributed by atoms with Crippen LogP contribution >= 0.6 is 11.6 Å². The molecule has 1 aliphatic rings. The Bertz CT molecular complexity index is 1310. The molecule has 3 aromatic carbocycles. The van der Waals surface area contributed by atoms with Crippen LogP contribution < -0.4 is 4.74 Å². The number of nitriles is 1. The number of hydrogen-bond acceptors (Lipinski definition) is 5. The number of piperidine rings is 1. The summed E-state index contributed by atoms with van der Waals surface area (Å²) in [6.07, 6.45) is 2.60. The van der Waals surface area contributed by atoms with Gasteiger partial charge in [0.05, 0.1) is 22.2 Å². The molecule has 4 rings (SSSR count). The predicted molar refractivity (Wildman–Crippen MR) is 126 cm³/mol. The molecule has 1 saturated heterocycles. The molecular formula is C25H21ClN2O4S. The smallest absolute Gasteiger partial charge is 0.343 e. The second-order valence-electron chi connectivity index (χ2n) is 7.71. The number of halogens is 1. The fourth-order valence-electron chi connectivity index (χ4n) is 3.69. The third kappa shape index (κ3) is 5.09. The lowest BCUT2D eigenvalue weighted by Gasteiger charge is -2.26. The van der Waals surface area contributed by atoms with Crippen molar-refractivity contribution in [2.45, 2.75) is 24.2 Å². The summed E-state index contributed by atoms with van der Waals surface area (Å²) in [5.41, 5.74) is 2.51. The van der Waals surface area contributed by atoms with Gasteiger partial charge in [0.1, 0.15) is 10.6 Å². The van der Waals surface area contributed by atoms with Crippen molar-refractivity contribution in [3.63, 3.8) is 0 Å². The van der Waals surface area contributed by atoms with E-state index in [0.29, 0.717) is 24.4 Å². The van der Waals surface area contributed by atoms with Crippen LogP contribution in [-0.4, -0.2) is 31.8 Å². The number of carbonyl (C=O) groups is 1. The van der Waals surface area contributed by atoms with Crippen LogP contribution in [0.15, 0.2) is 71.6 Å². The molecule has 0 atom stereocenters. The van der Waals surface area contributed by atoms with Gasteiger partial charge in [-0.1, -0.05) is 42.3 Å². The minimum atomic E-state index is -3.79. The first-order valence-corrected chi connectivity index (χ1v) is 12.3. The monoisotopic (exact) mass is 480 g/mol. The SMILES string of the molecule is N#Cc1ccc(-c2ccc(OC(=O)c3ccc(Cl)c(S(=O)(=O)N4CCCCC4)c3)cc2)cc1. The molecule has 0 N–H and O–H groups in total. The minimum Gasteiger partial charge on any atom is -0.423 e. The summed E-state index contributed by atoms with van der Waals surface area (Å²) in [7, 11) is -3.79. The van der Waals surface area contributed by atoms with Gasteiger partial charge in [-0.2, -0.15) is 9.57 Å². The molecule has 0 aromatic heterocycles. The van der Waals surface area contributed by atoms with E-state index < -0.39 is 16.0 Å². The zero-order chi connectivity index (χ0) is 23.4. The number of ether oxygens (including phenoxy) is 1. The zero-order valence-corrected chi connectivity index (χ0v) is 19.3. The number of nitrogens with zero attached hydrogens (tertiary/aromatic N) is 2. The van der Waals surface area contributed by atoms with E-state index in [1.807, 2.05) is 12.1 Å². The number of rotatable bonds is 5. The molecule has 0 radical (unpaired) electrons. The number of benzene rings is 3. The summed E-state index contributed by atoms with van der Waals surface area (Å²) in [5, 5.41) is 8.99. The van der Waals surface area contributed by atoms with Crippen LogP contribution in [0.3, 0.4) is 0 Å². The molecule has 0 amide bonds. The lowest BCUT2D eigenvalue weighted by Crippen LogP contribution is -2.35. The van der Waals surface area contributed by atoms with Crippen LogP contribution in [0.2, 0.25) is 5.02 Å². The van der Waals surface area contributed by atoms with E-state index in [2.05, 4.69) is 6.07 Å². The average Bonchev–Trinajstić information content (AvgIpc) is 2.85. The number of carbonyl (C=O) groups excluding carboxylic acids is 1. The first-order chi connectivity index (χ1) is 15.9. The summed E-state index contributed by atoms with van der Waals surface area (Å²) in [4.78, 5) is 12.6. The van der Waals surface area contributed by atoms with Crippen LogP contribution in [0.1, 0.15) is 35.2 Å². The normalized spacial score (nSPS) is 14.4. The maximum absolute atomic E-state index is 13.0. The molecule has 6 nitrogen and oxygen atoms in total. The van der Waals surface area contributed by atoms with Crippen LogP contribution in [0.25, 0.3) is 11.1 Å². The van der Waals surface area contributed by atoms with E-state index in [4.69, 9.17) is 21.6 Å². The van der Waals surface area contributed by atoms with Crippen molar-refractivity contribution in [2.24, 2.45) is 0 Å². The molecule has 0 spiro atoms. The van der Waals surface area contributed by atoms with Gasteiger partial charge in [-0.3, -0.25) is 0 Å². The Morgan fingerprint density at radius 1 is 0.909 bits per heavy atom. The van der Waals surface area contributed by atoms with Gasteiger partial charge in [0.15, 0.2) is 0 Å². The second-order valence-corrected chi connectivity index (χ2v) is 10.0. The Balaban J connectivity index is 1.51. The zero-order valence-electron chi connectivity index (χ0n) is 17.7. The molecule has 0 aliphatic carbocycles. The van der Waals surface area contributed by atoms with Gasteiger partial charge in [0.2, 0.25) is 10.0 Å². The van der Waals surface area contributed by atoms with Gasteiger partial charge in [0, 0.05) is 13.1 Å². The maximum Gasteiger partial charge on any atom is 0.343 e. The molecule has 1 aliphatic heterocycles. The highest BCUT2D eigenvalue weighted by Gasteiger charge is 2.29. The maximum atomic E-state index is 13.0. The fourth-order valence-corrected chi connectivity index (χ4v) is 5.71. The summed E-state index contributed by atoms with van der Waals surface area (Å²) < 4.78 is 32.9. The molecule has 0 saturated carbocycles. The van der Waals surface area contributed by atoms with E-state index in [9.17, 15) is 13.2 Å². The number of sulfonamides is 1. The summed E-state index contributed by atoms with van der Waals surface area (Å²) in [5.74, 6) is -0.347. The molecule has 33 heavy (non-hydrogen) atoms. The van der Waals surface area contributed by atoms with Crippen molar-refractivity contribution in [3.05, 3.63) is 82.9 Å². The highest BCUT2D eigenvalue weighted by atomic mass is 35.5. The third-order valence-corrected chi connectivity index (χ3v) is 7.89. The van der Waals surface area contributed by atoms with Crippen molar-refractivity contribution in [2.75, 3.05) is 13.1 Å². The Morgan fingerprint density at radius 3 is 2.12 bits per heavy atom. The quantitative estimate of drug-likeness (QED) is 0.366. The van der Waals surface area contributed by atoms with Crippen LogP contribution in [-0.2, 0) is 10.0 Å². The minimum absolute atomic E-state index is 0.0730. The molecular weight excluding hydrogens is 460 g/mol. The predicted octanol–water partition coefficient (Wildman–Crippen LogP) is 5.27. The van der Waals surface area contributed by atoms with Gasteiger partial charge in [-0.15, -0.1) is 0 Å². The van der Waals surface area contributed by atoms with Crippen molar-refractivity contribution in [1.29, 1.82) is 5.26 Å². The largest absolute Gasteiger partial charge is 0.423 e. The van der Waals surface area contributed by atoms with Gasteiger partial charge >= 0.3 is 5.97 Å². The summed E-state index contributed by atoms with van der Waals surface area (Å²) in [6.45, 7) is 0.887. The fraction of sp³-hybridized carbons (Fsp3) is 0.200. The summed E-state index contributed by atoms with van der Waals surface area (Å²) in [6, 6.07) is 20.3.